The van der Waals surface area contributed by atoms with E-state index in [1.165, 1.54) is 38.5 Å². The summed E-state index contributed by atoms with van der Waals surface area (Å²) in [6.07, 6.45) is 13.2. The van der Waals surface area contributed by atoms with Gasteiger partial charge in [-0.3, -0.25) is 4.79 Å². The lowest BCUT2D eigenvalue weighted by Crippen LogP contribution is -2.58. The quantitative estimate of drug-likeness (QED) is 0.370. The average Bonchev–Trinajstić information content (AvgIpc) is 3.49. The molecule has 5 fully saturated rings. The molecule has 6 rings (SSSR count). The summed E-state index contributed by atoms with van der Waals surface area (Å²) < 4.78 is 38.4. The summed E-state index contributed by atoms with van der Waals surface area (Å²) in [5.41, 5.74) is 0.691. The second-order valence-electron chi connectivity index (χ2n) is 12.0. The van der Waals surface area contributed by atoms with Gasteiger partial charge in [-0.2, -0.15) is 0 Å². The number of benzene rings is 1. The summed E-state index contributed by atoms with van der Waals surface area (Å²) in [6, 6.07) is 7.53. The number of nitrogens with one attached hydrogen (secondary N) is 1. The molecule has 8 nitrogen and oxygen atoms in total. The zero-order chi connectivity index (χ0) is 26.7. The molecule has 39 heavy (non-hydrogen) atoms. The first-order valence-electron chi connectivity index (χ1n) is 15.5. The summed E-state index contributed by atoms with van der Waals surface area (Å²) in [5.74, 6) is -0.744. The smallest absolute Gasteiger partial charge is 0.256 e. The van der Waals surface area contributed by atoms with Crippen LogP contribution < -0.4 is 10.1 Å². The molecule has 216 valence electrons. The van der Waals surface area contributed by atoms with Crippen LogP contribution in [0.3, 0.4) is 0 Å². The van der Waals surface area contributed by atoms with Gasteiger partial charge in [0.05, 0.1) is 6.61 Å². The van der Waals surface area contributed by atoms with Gasteiger partial charge >= 0.3 is 0 Å². The SMILES string of the molecule is CCCCCCCOc1ccc(NC(=O)[C@@H]2O[C@@H]3OC4(CCCCC4)O[C@@H]3[C@@H]3OC4(CCCCC4)O[C@H]32)cc1. The number of amides is 1. The number of carbonyl (C=O) groups is 1. The highest BCUT2D eigenvalue weighted by atomic mass is 16.9. The van der Waals surface area contributed by atoms with E-state index in [-0.39, 0.29) is 5.91 Å². The highest BCUT2D eigenvalue weighted by Crippen LogP contribution is 2.51. The van der Waals surface area contributed by atoms with Crippen molar-refractivity contribution in [3.63, 3.8) is 0 Å². The molecule has 1 N–H and O–H groups in total. The van der Waals surface area contributed by atoms with Gasteiger partial charge in [0, 0.05) is 31.4 Å². The molecule has 3 aliphatic heterocycles. The number of carbonyl (C=O) groups excluding carboxylic acids is 1. The van der Waals surface area contributed by atoms with Crippen LogP contribution in [0.4, 0.5) is 5.69 Å². The Morgan fingerprint density at radius 1 is 0.795 bits per heavy atom. The van der Waals surface area contributed by atoms with E-state index in [2.05, 4.69) is 12.2 Å². The van der Waals surface area contributed by atoms with Crippen molar-refractivity contribution in [3.05, 3.63) is 24.3 Å². The Hall–Kier alpha value is -1.71. The Kier molecular flexibility index (Phi) is 8.47. The summed E-state index contributed by atoms with van der Waals surface area (Å²) in [7, 11) is 0. The van der Waals surface area contributed by atoms with Crippen LogP contribution in [0, 0.1) is 0 Å². The first-order chi connectivity index (χ1) is 19.1. The predicted molar refractivity (Wildman–Crippen MR) is 145 cm³/mol. The molecule has 1 aromatic rings. The van der Waals surface area contributed by atoms with Crippen LogP contribution in [0.1, 0.15) is 103 Å². The third-order valence-corrected chi connectivity index (χ3v) is 9.01. The van der Waals surface area contributed by atoms with Gasteiger partial charge < -0.3 is 33.7 Å². The van der Waals surface area contributed by atoms with Crippen molar-refractivity contribution >= 4 is 11.6 Å². The van der Waals surface area contributed by atoms with Crippen molar-refractivity contribution in [1.29, 1.82) is 0 Å². The Labute approximate surface area is 232 Å². The van der Waals surface area contributed by atoms with Gasteiger partial charge in [0.1, 0.15) is 24.1 Å². The molecule has 0 aromatic heterocycles. The third kappa shape index (κ3) is 6.01. The van der Waals surface area contributed by atoms with Gasteiger partial charge in [0.25, 0.3) is 5.91 Å². The molecule has 0 radical (unpaired) electrons. The number of fused-ring (bicyclic) bond motifs is 3. The molecule has 2 saturated carbocycles. The highest BCUT2D eigenvalue weighted by Gasteiger charge is 2.65. The van der Waals surface area contributed by atoms with Crippen LogP contribution >= 0.6 is 0 Å². The maximum Gasteiger partial charge on any atom is 0.256 e. The van der Waals surface area contributed by atoms with Crippen molar-refractivity contribution < 1.29 is 33.2 Å². The number of ether oxygens (including phenoxy) is 6. The Morgan fingerprint density at radius 3 is 2.10 bits per heavy atom. The number of hydrogen-bond acceptors (Lipinski definition) is 7. The molecule has 5 atom stereocenters. The second kappa shape index (κ2) is 12.0. The van der Waals surface area contributed by atoms with E-state index in [4.69, 9.17) is 28.4 Å². The van der Waals surface area contributed by atoms with Gasteiger partial charge in [-0.1, -0.05) is 45.4 Å². The van der Waals surface area contributed by atoms with E-state index in [9.17, 15) is 4.79 Å². The fourth-order valence-electron chi connectivity index (χ4n) is 6.91. The molecule has 2 spiro atoms. The molecular weight excluding hydrogens is 498 g/mol. The highest BCUT2D eigenvalue weighted by molar-refractivity contribution is 5.94. The minimum atomic E-state index is -0.848. The monoisotopic (exact) mass is 543 g/mol. The lowest BCUT2D eigenvalue weighted by atomic mass is 9.94. The van der Waals surface area contributed by atoms with Crippen LogP contribution in [0.5, 0.6) is 5.75 Å². The van der Waals surface area contributed by atoms with Crippen molar-refractivity contribution in [3.8, 4) is 5.75 Å². The largest absolute Gasteiger partial charge is 0.494 e. The molecule has 8 heteroatoms. The van der Waals surface area contributed by atoms with Crippen LogP contribution in [0.25, 0.3) is 0 Å². The average molecular weight is 544 g/mol. The van der Waals surface area contributed by atoms with E-state index in [1.54, 1.807) is 0 Å². The Morgan fingerprint density at radius 2 is 1.41 bits per heavy atom. The molecular formula is C31H45NO7. The lowest BCUT2D eigenvalue weighted by molar-refractivity contribution is -0.246. The molecule has 0 unspecified atom stereocenters. The molecule has 1 aromatic carbocycles. The molecule has 3 saturated heterocycles. The maximum atomic E-state index is 13.6. The molecule has 5 aliphatic rings. The van der Waals surface area contributed by atoms with Crippen LogP contribution in [-0.4, -0.2) is 54.8 Å². The van der Waals surface area contributed by atoms with E-state index in [0.717, 1.165) is 63.5 Å². The summed E-state index contributed by atoms with van der Waals surface area (Å²) in [6.45, 7) is 2.93. The summed E-state index contributed by atoms with van der Waals surface area (Å²) in [5, 5.41) is 3.03. The van der Waals surface area contributed by atoms with E-state index < -0.39 is 42.3 Å². The van der Waals surface area contributed by atoms with E-state index in [1.807, 2.05) is 24.3 Å². The maximum absolute atomic E-state index is 13.6. The molecule has 1 amide bonds. The van der Waals surface area contributed by atoms with Crippen molar-refractivity contribution in [2.75, 3.05) is 11.9 Å². The number of rotatable bonds is 9. The minimum Gasteiger partial charge on any atom is -0.494 e. The molecule has 2 aliphatic carbocycles. The minimum absolute atomic E-state index is 0.252. The first kappa shape index (κ1) is 27.5. The topological polar surface area (TPSA) is 84.5 Å². The number of anilines is 1. The van der Waals surface area contributed by atoms with Gasteiger partial charge in [0.15, 0.2) is 24.0 Å². The number of hydrogen-bond donors (Lipinski definition) is 1. The standard InChI is InChI=1S/C31H45NO7/c1-2-3-4-5-12-21-34-23-15-13-22(14-16-23)32-28(33)26-24-25(37-30(36-24)17-8-6-9-18-30)27-29(35-26)39-31(38-27)19-10-7-11-20-31/h13-16,24-27,29H,2-12,17-21H2,1H3,(H,32,33)/t24-,25-,26-,27-,29-/m1/s1. The van der Waals surface area contributed by atoms with Gasteiger partial charge in [-0.05, 0) is 56.4 Å². The fraction of sp³-hybridized carbons (Fsp3) is 0.774. The molecule has 3 heterocycles. The van der Waals surface area contributed by atoms with Crippen LogP contribution in [0.2, 0.25) is 0 Å². The zero-order valence-electron chi connectivity index (χ0n) is 23.4. The fourth-order valence-corrected chi connectivity index (χ4v) is 6.91. The van der Waals surface area contributed by atoms with Gasteiger partial charge in [-0.25, -0.2) is 0 Å². The lowest BCUT2D eigenvalue weighted by Gasteiger charge is -2.36. The van der Waals surface area contributed by atoms with Crippen LogP contribution in [0.15, 0.2) is 24.3 Å². The van der Waals surface area contributed by atoms with Crippen molar-refractivity contribution in [1.82, 2.24) is 0 Å². The van der Waals surface area contributed by atoms with Gasteiger partial charge in [0.2, 0.25) is 0 Å². The Bertz CT molecular complexity index is 956. The summed E-state index contributed by atoms with van der Waals surface area (Å²) >= 11 is 0. The second-order valence-corrected chi connectivity index (χ2v) is 12.0. The van der Waals surface area contributed by atoms with Gasteiger partial charge in [-0.15, -0.1) is 0 Å². The number of unbranched alkanes of at least 4 members (excludes halogenated alkanes) is 4. The molecule has 0 bridgehead atoms. The normalized spacial score (nSPS) is 32.6. The Balaban J connectivity index is 1.11. The van der Waals surface area contributed by atoms with Crippen LogP contribution in [-0.2, 0) is 28.5 Å². The first-order valence-corrected chi connectivity index (χ1v) is 15.5. The zero-order valence-corrected chi connectivity index (χ0v) is 23.4. The predicted octanol–water partition coefficient (Wildman–Crippen LogP) is 6.22. The van der Waals surface area contributed by atoms with Crippen molar-refractivity contribution in [2.24, 2.45) is 0 Å². The summed E-state index contributed by atoms with van der Waals surface area (Å²) in [4.78, 5) is 13.6. The van der Waals surface area contributed by atoms with E-state index >= 15 is 0 Å². The van der Waals surface area contributed by atoms with Crippen molar-refractivity contribution in [2.45, 2.75) is 146 Å². The third-order valence-electron chi connectivity index (χ3n) is 9.01. The van der Waals surface area contributed by atoms with E-state index in [0.29, 0.717) is 12.3 Å².